The lowest BCUT2D eigenvalue weighted by Gasteiger charge is -2.21. The summed E-state index contributed by atoms with van der Waals surface area (Å²) in [6.45, 7) is 9.09. The molecule has 0 aliphatic heterocycles. The molecule has 0 spiro atoms. The molecule has 0 aliphatic rings. The summed E-state index contributed by atoms with van der Waals surface area (Å²) in [5, 5.41) is 6.78. The number of hydrogen-bond acceptors (Lipinski definition) is 5. The van der Waals surface area contributed by atoms with Crippen LogP contribution in [0.5, 0.6) is 0 Å². The van der Waals surface area contributed by atoms with E-state index < -0.39 is 0 Å². The maximum absolute atomic E-state index is 4.67. The van der Waals surface area contributed by atoms with Gasteiger partial charge < -0.3 is 10.6 Å². The molecule has 3 rings (SSSR count). The smallest absolute Gasteiger partial charge is 0.225 e. The van der Waals surface area contributed by atoms with Crippen molar-refractivity contribution < 1.29 is 0 Å². The molecule has 0 unspecified atom stereocenters. The topological polar surface area (TPSA) is 62.7 Å². The Kier molecular flexibility index (Phi) is 5.16. The molecule has 3 aromatic rings. The molecule has 0 aliphatic carbocycles. The van der Waals surface area contributed by atoms with Gasteiger partial charge in [0, 0.05) is 36.1 Å². The second kappa shape index (κ2) is 7.52. The molecule has 0 atom stereocenters. The van der Waals surface area contributed by atoms with Crippen molar-refractivity contribution in [3.8, 4) is 11.3 Å². The molecular weight excluding hydrogens is 322 g/mol. The number of benzene rings is 1. The molecule has 0 radical (unpaired) electrons. The van der Waals surface area contributed by atoms with Crippen LogP contribution in [0.1, 0.15) is 31.9 Å². The summed E-state index contributed by atoms with van der Waals surface area (Å²) >= 11 is 0. The molecule has 2 N–H and O–H groups in total. The van der Waals surface area contributed by atoms with Crippen LogP contribution in [0.15, 0.2) is 54.9 Å². The van der Waals surface area contributed by atoms with Crippen molar-refractivity contribution >= 4 is 11.8 Å². The van der Waals surface area contributed by atoms with E-state index in [4.69, 9.17) is 0 Å². The molecule has 0 amide bonds. The summed E-state index contributed by atoms with van der Waals surface area (Å²) in [4.78, 5) is 13.4. The minimum absolute atomic E-state index is 0.120. The molecule has 0 fully saturated rings. The number of nitrogens with zero attached hydrogens (tertiary/aromatic N) is 3. The molecule has 5 nitrogen and oxygen atoms in total. The van der Waals surface area contributed by atoms with E-state index in [1.165, 1.54) is 11.1 Å². The number of rotatable bonds is 5. The molecule has 0 saturated heterocycles. The van der Waals surface area contributed by atoms with Crippen LogP contribution in [0.3, 0.4) is 0 Å². The van der Waals surface area contributed by atoms with Gasteiger partial charge in [-0.05, 0) is 45.4 Å². The summed E-state index contributed by atoms with van der Waals surface area (Å²) in [5.41, 5.74) is 4.22. The largest absolute Gasteiger partial charge is 0.366 e. The zero-order valence-corrected chi connectivity index (χ0v) is 15.7. The lowest BCUT2D eigenvalue weighted by Crippen LogP contribution is -2.27. The molecule has 0 saturated carbocycles. The third kappa shape index (κ3) is 5.02. The first-order chi connectivity index (χ1) is 12.4. The summed E-state index contributed by atoms with van der Waals surface area (Å²) < 4.78 is 0. The van der Waals surface area contributed by atoms with E-state index >= 15 is 0 Å². The van der Waals surface area contributed by atoms with Crippen LogP contribution in [-0.4, -0.2) is 20.5 Å². The number of hydrogen-bond donors (Lipinski definition) is 2. The Bertz CT molecular complexity index is 869. The first-order valence-electron chi connectivity index (χ1n) is 8.76. The predicted octanol–water partition coefficient (Wildman–Crippen LogP) is 4.67. The molecule has 2 heterocycles. The lowest BCUT2D eigenvalue weighted by atomic mass is 10.1. The second-order valence-electron chi connectivity index (χ2n) is 7.42. The SMILES string of the molecule is Cc1cccc(CNc2cc(-c3ccncc3)nc(NC(C)(C)C)n2)c1. The molecule has 26 heavy (non-hydrogen) atoms. The fourth-order valence-corrected chi connectivity index (χ4v) is 2.61. The van der Waals surface area contributed by atoms with Crippen molar-refractivity contribution in [3.63, 3.8) is 0 Å². The Labute approximate surface area is 154 Å². The minimum atomic E-state index is -0.120. The Hall–Kier alpha value is -2.95. The molecule has 134 valence electrons. The summed E-state index contributed by atoms with van der Waals surface area (Å²) in [7, 11) is 0. The maximum atomic E-state index is 4.67. The van der Waals surface area contributed by atoms with E-state index in [2.05, 4.69) is 77.5 Å². The van der Waals surface area contributed by atoms with Crippen LogP contribution < -0.4 is 10.6 Å². The fraction of sp³-hybridized carbons (Fsp3) is 0.286. The van der Waals surface area contributed by atoms with E-state index in [-0.39, 0.29) is 5.54 Å². The summed E-state index contributed by atoms with van der Waals surface area (Å²) in [6.07, 6.45) is 3.54. The highest BCUT2D eigenvalue weighted by atomic mass is 15.2. The average molecular weight is 347 g/mol. The van der Waals surface area contributed by atoms with Crippen molar-refractivity contribution in [2.24, 2.45) is 0 Å². The number of nitrogens with one attached hydrogen (secondary N) is 2. The van der Waals surface area contributed by atoms with Crippen LogP contribution in [0.4, 0.5) is 11.8 Å². The maximum Gasteiger partial charge on any atom is 0.225 e. The Morgan fingerprint density at radius 3 is 2.42 bits per heavy atom. The van der Waals surface area contributed by atoms with Gasteiger partial charge in [0.25, 0.3) is 0 Å². The van der Waals surface area contributed by atoms with Crippen molar-refractivity contribution in [2.75, 3.05) is 10.6 Å². The molecule has 2 aromatic heterocycles. The number of anilines is 2. The normalized spacial score (nSPS) is 11.2. The van der Waals surface area contributed by atoms with Crippen LogP contribution in [0.25, 0.3) is 11.3 Å². The van der Waals surface area contributed by atoms with Gasteiger partial charge in [-0.1, -0.05) is 29.8 Å². The number of pyridine rings is 1. The van der Waals surface area contributed by atoms with Crippen LogP contribution in [0, 0.1) is 6.92 Å². The molecule has 1 aromatic carbocycles. The predicted molar refractivity (Wildman–Crippen MR) is 107 cm³/mol. The number of aryl methyl sites for hydroxylation is 1. The van der Waals surface area contributed by atoms with E-state index in [0.29, 0.717) is 12.5 Å². The quantitative estimate of drug-likeness (QED) is 0.702. The van der Waals surface area contributed by atoms with E-state index in [9.17, 15) is 0 Å². The van der Waals surface area contributed by atoms with Gasteiger partial charge in [0.1, 0.15) is 5.82 Å². The van der Waals surface area contributed by atoms with Gasteiger partial charge in [-0.25, -0.2) is 4.98 Å². The summed E-state index contributed by atoms with van der Waals surface area (Å²) in [5.74, 6) is 1.40. The van der Waals surface area contributed by atoms with Gasteiger partial charge in [-0.2, -0.15) is 4.98 Å². The second-order valence-corrected chi connectivity index (χ2v) is 7.42. The highest BCUT2D eigenvalue weighted by Gasteiger charge is 2.14. The fourth-order valence-electron chi connectivity index (χ4n) is 2.61. The van der Waals surface area contributed by atoms with E-state index in [1.54, 1.807) is 12.4 Å². The van der Waals surface area contributed by atoms with Crippen molar-refractivity contribution in [1.29, 1.82) is 0 Å². The first-order valence-corrected chi connectivity index (χ1v) is 8.76. The van der Waals surface area contributed by atoms with Crippen LogP contribution in [-0.2, 0) is 6.54 Å². The van der Waals surface area contributed by atoms with Gasteiger partial charge in [0.2, 0.25) is 5.95 Å². The van der Waals surface area contributed by atoms with Crippen molar-refractivity contribution in [1.82, 2.24) is 15.0 Å². The van der Waals surface area contributed by atoms with Gasteiger partial charge in [-0.3, -0.25) is 4.98 Å². The van der Waals surface area contributed by atoms with Gasteiger partial charge in [-0.15, -0.1) is 0 Å². The molecular formula is C21H25N5. The third-order valence-electron chi connectivity index (χ3n) is 3.75. The highest BCUT2D eigenvalue weighted by molar-refractivity contribution is 5.64. The zero-order valence-electron chi connectivity index (χ0n) is 15.7. The molecule has 0 bridgehead atoms. The van der Waals surface area contributed by atoms with Crippen LogP contribution >= 0.6 is 0 Å². The Balaban J connectivity index is 1.89. The van der Waals surface area contributed by atoms with Gasteiger partial charge in [0.05, 0.1) is 5.69 Å². The first kappa shape index (κ1) is 17.9. The molecule has 5 heteroatoms. The van der Waals surface area contributed by atoms with Crippen molar-refractivity contribution in [3.05, 3.63) is 66.0 Å². The van der Waals surface area contributed by atoms with Crippen molar-refractivity contribution in [2.45, 2.75) is 39.8 Å². The zero-order chi connectivity index (χ0) is 18.6. The van der Waals surface area contributed by atoms with E-state index in [1.807, 2.05) is 18.2 Å². The Morgan fingerprint density at radius 2 is 1.73 bits per heavy atom. The Morgan fingerprint density at radius 1 is 0.962 bits per heavy atom. The monoisotopic (exact) mass is 347 g/mol. The standard InChI is InChI=1S/C21H25N5/c1-15-6-5-7-16(12-15)14-23-19-13-18(17-8-10-22-11-9-17)24-20(25-19)26-21(2,3)4/h5-13H,14H2,1-4H3,(H2,23,24,25,26). The lowest BCUT2D eigenvalue weighted by molar-refractivity contribution is 0.626. The average Bonchev–Trinajstić information content (AvgIpc) is 2.59. The summed E-state index contributed by atoms with van der Waals surface area (Å²) in [6, 6.07) is 14.3. The minimum Gasteiger partial charge on any atom is -0.366 e. The van der Waals surface area contributed by atoms with Gasteiger partial charge in [0.15, 0.2) is 0 Å². The van der Waals surface area contributed by atoms with Crippen LogP contribution in [0.2, 0.25) is 0 Å². The van der Waals surface area contributed by atoms with Gasteiger partial charge >= 0.3 is 0 Å². The number of aromatic nitrogens is 3. The highest BCUT2D eigenvalue weighted by Crippen LogP contribution is 2.22. The third-order valence-corrected chi connectivity index (χ3v) is 3.75. The van der Waals surface area contributed by atoms with E-state index in [0.717, 1.165) is 17.1 Å².